The van der Waals surface area contributed by atoms with E-state index in [-0.39, 0.29) is 43.1 Å². The molecule has 0 saturated carbocycles. The second kappa shape index (κ2) is 15.2. The molecule has 7 nitrogen and oxygen atoms in total. The van der Waals surface area contributed by atoms with Crippen LogP contribution >= 0.6 is 37.2 Å². The summed E-state index contributed by atoms with van der Waals surface area (Å²) in [6.45, 7) is 6.18. The Morgan fingerprint density at radius 3 is 2.58 bits per heavy atom. The molecule has 0 aliphatic carbocycles. The van der Waals surface area contributed by atoms with Gasteiger partial charge in [0.05, 0.1) is 13.2 Å². The van der Waals surface area contributed by atoms with Crippen LogP contribution in [0.2, 0.25) is 0 Å². The van der Waals surface area contributed by atoms with Crippen LogP contribution in [0.25, 0.3) is 0 Å². The number of hydrogen-bond acceptors (Lipinski definition) is 6. The Labute approximate surface area is 174 Å². The van der Waals surface area contributed by atoms with Gasteiger partial charge < -0.3 is 25.2 Å². The number of ether oxygens (including phenoxy) is 1. The van der Waals surface area contributed by atoms with Crippen molar-refractivity contribution in [2.75, 3.05) is 64.9 Å². The molecule has 0 spiro atoms. The van der Waals surface area contributed by atoms with Crippen molar-refractivity contribution in [3.63, 3.8) is 0 Å². The summed E-state index contributed by atoms with van der Waals surface area (Å²) < 4.78 is 4.92. The summed E-state index contributed by atoms with van der Waals surface area (Å²) in [5.74, 6) is 0.974. The Morgan fingerprint density at radius 1 is 1.23 bits per heavy atom. The fourth-order valence-corrected chi connectivity index (χ4v) is 2.42. The van der Waals surface area contributed by atoms with Gasteiger partial charge in [0.25, 0.3) is 0 Å². The summed E-state index contributed by atoms with van der Waals surface area (Å²) >= 11 is 0. The average molecular weight is 431 g/mol. The molecule has 1 aliphatic rings. The van der Waals surface area contributed by atoms with Gasteiger partial charge in [-0.05, 0) is 24.7 Å². The van der Waals surface area contributed by atoms with E-state index in [1.165, 1.54) is 0 Å². The van der Waals surface area contributed by atoms with E-state index < -0.39 is 0 Å². The SMILES string of the molecule is COCCNCC(=O)NCc1ccnc(N2CCN(C)CC2)c1.Cl.Cl.Cl. The molecule has 0 aromatic carbocycles. The van der Waals surface area contributed by atoms with Crippen molar-refractivity contribution >= 4 is 48.9 Å². The number of hydrogen-bond donors (Lipinski definition) is 2. The highest BCUT2D eigenvalue weighted by molar-refractivity contribution is 5.86. The molecule has 1 fully saturated rings. The molecule has 1 saturated heterocycles. The lowest BCUT2D eigenvalue weighted by Crippen LogP contribution is -2.44. The molecule has 26 heavy (non-hydrogen) atoms. The minimum atomic E-state index is -0.0148. The normalized spacial score (nSPS) is 13.8. The fraction of sp³-hybridized carbons (Fsp3) is 0.625. The maximum Gasteiger partial charge on any atom is 0.234 e. The van der Waals surface area contributed by atoms with E-state index in [1.54, 1.807) is 7.11 Å². The predicted molar refractivity (Wildman–Crippen MR) is 112 cm³/mol. The number of nitrogens with one attached hydrogen (secondary N) is 2. The van der Waals surface area contributed by atoms with Gasteiger partial charge in [0.2, 0.25) is 5.91 Å². The quantitative estimate of drug-likeness (QED) is 0.599. The van der Waals surface area contributed by atoms with E-state index in [0.29, 0.717) is 26.2 Å². The van der Waals surface area contributed by atoms with Crippen molar-refractivity contribution < 1.29 is 9.53 Å². The Hall–Kier alpha value is -0.830. The second-order valence-electron chi connectivity index (χ2n) is 5.76. The molecule has 1 amide bonds. The number of methoxy groups -OCH3 is 1. The minimum Gasteiger partial charge on any atom is -0.383 e. The molecule has 0 atom stereocenters. The highest BCUT2D eigenvalue weighted by Crippen LogP contribution is 2.14. The number of likely N-dealkylation sites (N-methyl/N-ethyl adjacent to an activating group) is 1. The molecule has 1 aromatic rings. The van der Waals surface area contributed by atoms with E-state index in [4.69, 9.17) is 4.74 Å². The molecular weight excluding hydrogens is 401 g/mol. The molecule has 1 aromatic heterocycles. The predicted octanol–water partition coefficient (Wildman–Crippen LogP) is 0.951. The summed E-state index contributed by atoms with van der Waals surface area (Å²) in [6, 6.07) is 4.00. The van der Waals surface area contributed by atoms with Crippen LogP contribution in [0.15, 0.2) is 18.3 Å². The summed E-state index contributed by atoms with van der Waals surface area (Å²) in [4.78, 5) is 20.8. The molecule has 0 bridgehead atoms. The third-order valence-corrected chi connectivity index (χ3v) is 3.90. The summed E-state index contributed by atoms with van der Waals surface area (Å²) in [5.41, 5.74) is 1.07. The summed E-state index contributed by atoms with van der Waals surface area (Å²) in [5, 5.41) is 5.94. The van der Waals surface area contributed by atoms with Crippen LogP contribution in [-0.2, 0) is 16.1 Å². The molecule has 0 radical (unpaired) electrons. The van der Waals surface area contributed by atoms with Crippen LogP contribution in [0.3, 0.4) is 0 Å². The van der Waals surface area contributed by atoms with Gasteiger partial charge in [-0.2, -0.15) is 0 Å². The lowest BCUT2D eigenvalue weighted by atomic mass is 10.2. The largest absolute Gasteiger partial charge is 0.383 e. The first-order valence-corrected chi connectivity index (χ1v) is 8.04. The standard InChI is InChI=1S/C16H27N5O2.3ClH/c1-20-6-8-21(9-7-20)15-11-14(3-4-18-15)12-19-16(22)13-17-5-10-23-2;;;/h3-4,11,17H,5-10,12-13H2,1-2H3,(H,19,22);3*1H. The van der Waals surface area contributed by atoms with Crippen molar-refractivity contribution in [1.82, 2.24) is 20.5 Å². The first-order chi connectivity index (χ1) is 11.2. The molecule has 2 N–H and O–H groups in total. The van der Waals surface area contributed by atoms with E-state index in [2.05, 4.69) is 38.5 Å². The number of rotatable bonds is 8. The molecule has 152 valence electrons. The zero-order chi connectivity index (χ0) is 16.5. The highest BCUT2D eigenvalue weighted by atomic mass is 35.5. The number of piperazine rings is 1. The molecular formula is C16H30Cl3N5O2. The second-order valence-corrected chi connectivity index (χ2v) is 5.76. The fourth-order valence-electron chi connectivity index (χ4n) is 2.42. The molecule has 0 unspecified atom stereocenters. The number of halogens is 3. The average Bonchev–Trinajstić information content (AvgIpc) is 2.58. The van der Waals surface area contributed by atoms with E-state index in [1.807, 2.05) is 12.3 Å². The van der Waals surface area contributed by atoms with E-state index in [9.17, 15) is 4.79 Å². The van der Waals surface area contributed by atoms with Crippen LogP contribution in [0, 0.1) is 0 Å². The third kappa shape index (κ3) is 9.75. The van der Waals surface area contributed by atoms with Crippen LogP contribution in [-0.4, -0.2) is 75.8 Å². The zero-order valence-electron chi connectivity index (χ0n) is 15.3. The lowest BCUT2D eigenvalue weighted by Gasteiger charge is -2.33. The molecule has 10 heteroatoms. The van der Waals surface area contributed by atoms with Gasteiger partial charge in [-0.25, -0.2) is 4.98 Å². The monoisotopic (exact) mass is 429 g/mol. The van der Waals surface area contributed by atoms with Gasteiger partial charge in [0.1, 0.15) is 5.82 Å². The number of anilines is 1. The van der Waals surface area contributed by atoms with Gasteiger partial charge in [-0.15, -0.1) is 37.2 Å². The zero-order valence-corrected chi connectivity index (χ0v) is 17.7. The number of pyridine rings is 1. The van der Waals surface area contributed by atoms with Crippen molar-refractivity contribution in [3.8, 4) is 0 Å². The number of aromatic nitrogens is 1. The lowest BCUT2D eigenvalue weighted by molar-refractivity contribution is -0.120. The first-order valence-electron chi connectivity index (χ1n) is 8.04. The van der Waals surface area contributed by atoms with Gasteiger partial charge in [-0.3, -0.25) is 4.79 Å². The van der Waals surface area contributed by atoms with Crippen molar-refractivity contribution in [3.05, 3.63) is 23.9 Å². The van der Waals surface area contributed by atoms with Crippen molar-refractivity contribution in [1.29, 1.82) is 0 Å². The van der Waals surface area contributed by atoms with Crippen LogP contribution < -0.4 is 15.5 Å². The molecule has 2 heterocycles. The third-order valence-electron chi connectivity index (χ3n) is 3.90. The highest BCUT2D eigenvalue weighted by Gasteiger charge is 2.15. The van der Waals surface area contributed by atoms with E-state index >= 15 is 0 Å². The Balaban J connectivity index is 0. The summed E-state index contributed by atoms with van der Waals surface area (Å²) in [7, 11) is 3.78. The van der Waals surface area contributed by atoms with Gasteiger partial charge >= 0.3 is 0 Å². The number of carbonyl (C=O) groups is 1. The Bertz CT molecular complexity index is 503. The summed E-state index contributed by atoms with van der Waals surface area (Å²) in [6.07, 6.45) is 1.81. The Morgan fingerprint density at radius 2 is 1.92 bits per heavy atom. The number of carbonyl (C=O) groups excluding carboxylic acids is 1. The topological polar surface area (TPSA) is 69.7 Å². The van der Waals surface area contributed by atoms with Gasteiger partial charge in [0, 0.05) is 52.6 Å². The van der Waals surface area contributed by atoms with Gasteiger partial charge in [0.15, 0.2) is 0 Å². The van der Waals surface area contributed by atoms with Crippen LogP contribution in [0.4, 0.5) is 5.82 Å². The van der Waals surface area contributed by atoms with Crippen LogP contribution in [0.5, 0.6) is 0 Å². The van der Waals surface area contributed by atoms with Crippen LogP contribution in [0.1, 0.15) is 5.56 Å². The first kappa shape index (κ1) is 27.4. The smallest absolute Gasteiger partial charge is 0.234 e. The van der Waals surface area contributed by atoms with E-state index in [0.717, 1.165) is 37.6 Å². The minimum absolute atomic E-state index is 0. The van der Waals surface area contributed by atoms with Crippen molar-refractivity contribution in [2.45, 2.75) is 6.54 Å². The maximum absolute atomic E-state index is 11.8. The number of nitrogens with zero attached hydrogens (tertiary/aromatic N) is 3. The number of amides is 1. The molecule has 2 rings (SSSR count). The van der Waals surface area contributed by atoms with Crippen molar-refractivity contribution in [2.24, 2.45) is 0 Å². The Kier molecular flexibility index (Phi) is 16.1. The van der Waals surface area contributed by atoms with Gasteiger partial charge in [-0.1, -0.05) is 0 Å². The maximum atomic E-state index is 11.8. The molecule has 1 aliphatic heterocycles.